The van der Waals surface area contributed by atoms with Crippen LogP contribution in [-0.2, 0) is 17.8 Å². The lowest BCUT2D eigenvalue weighted by Crippen LogP contribution is -2.41. The molecule has 4 aromatic rings. The maximum Gasteiger partial charge on any atom is 0.352 e. The fourth-order valence-corrected chi connectivity index (χ4v) is 3.23. The Morgan fingerprint density at radius 3 is 2.68 bits per heavy atom. The fourth-order valence-electron chi connectivity index (χ4n) is 3.23. The summed E-state index contributed by atoms with van der Waals surface area (Å²) in [4.78, 5) is 42.0. The lowest BCUT2D eigenvalue weighted by atomic mass is 10.2. The monoisotopic (exact) mass is 457 g/mol. The molecule has 0 saturated heterocycles. The average molecular weight is 457 g/mol. The van der Waals surface area contributed by atoms with E-state index >= 15 is 0 Å². The van der Waals surface area contributed by atoms with E-state index in [2.05, 4.69) is 20.6 Å². The molecule has 1 amide bonds. The van der Waals surface area contributed by atoms with Crippen molar-refractivity contribution in [1.82, 2.24) is 24.5 Å². The number of carbonyl (C=O) groups is 1. The third-order valence-electron chi connectivity index (χ3n) is 4.90. The predicted octanol–water partition coefficient (Wildman–Crippen LogP) is 1.91. The highest BCUT2D eigenvalue weighted by Crippen LogP contribution is 2.13. The van der Waals surface area contributed by atoms with E-state index < -0.39 is 11.2 Å². The van der Waals surface area contributed by atoms with Gasteiger partial charge in [-0.15, -0.1) is 0 Å². The van der Waals surface area contributed by atoms with Gasteiger partial charge in [-0.3, -0.25) is 14.2 Å². The lowest BCUT2D eigenvalue weighted by Gasteiger charge is -2.09. The number of nitrogens with one attached hydrogen (secondary N) is 1. The molecule has 0 spiro atoms. The lowest BCUT2D eigenvalue weighted by molar-refractivity contribution is -0.116. The van der Waals surface area contributed by atoms with Crippen LogP contribution in [0, 0.1) is 11.3 Å². The molecule has 0 aliphatic heterocycles. The van der Waals surface area contributed by atoms with E-state index in [1.54, 1.807) is 61.5 Å². The van der Waals surface area contributed by atoms with Gasteiger partial charge in [0.05, 0.1) is 17.3 Å². The maximum absolute atomic E-state index is 12.8. The molecule has 0 fully saturated rings. The van der Waals surface area contributed by atoms with E-state index in [0.717, 1.165) is 9.25 Å². The van der Waals surface area contributed by atoms with Crippen LogP contribution in [0.3, 0.4) is 0 Å². The summed E-state index contributed by atoms with van der Waals surface area (Å²) in [5.74, 6) is -0.245. The zero-order chi connectivity index (χ0) is 24.1. The van der Waals surface area contributed by atoms with Gasteiger partial charge in [0.2, 0.25) is 17.6 Å². The summed E-state index contributed by atoms with van der Waals surface area (Å²) in [7, 11) is 0. The Labute approximate surface area is 192 Å². The Morgan fingerprint density at radius 2 is 1.94 bits per heavy atom. The molecule has 0 radical (unpaired) electrons. The number of amides is 1. The highest BCUT2D eigenvalue weighted by molar-refractivity contribution is 5.90. The minimum absolute atomic E-state index is 0.0363. The smallest absolute Gasteiger partial charge is 0.339 e. The number of anilines is 1. The van der Waals surface area contributed by atoms with Crippen molar-refractivity contribution in [1.29, 1.82) is 5.26 Å². The maximum atomic E-state index is 12.8. The topological polar surface area (TPSA) is 149 Å². The number of hydrogen-bond acceptors (Lipinski definition) is 8. The zero-order valence-corrected chi connectivity index (χ0v) is 18.1. The Kier molecular flexibility index (Phi) is 6.40. The van der Waals surface area contributed by atoms with Gasteiger partial charge >= 0.3 is 5.69 Å². The summed E-state index contributed by atoms with van der Waals surface area (Å²) < 4.78 is 7.35. The van der Waals surface area contributed by atoms with Crippen LogP contribution in [-0.4, -0.2) is 30.4 Å². The Hall–Kier alpha value is -4.85. The Bertz CT molecular complexity index is 1500. The van der Waals surface area contributed by atoms with Crippen molar-refractivity contribution in [2.75, 3.05) is 5.32 Å². The van der Waals surface area contributed by atoms with Gasteiger partial charge in [-0.2, -0.15) is 20.0 Å². The second-order valence-corrected chi connectivity index (χ2v) is 7.18. The number of para-hydroxylation sites is 1. The number of aromatic nitrogens is 5. The molecule has 1 N–H and O–H groups in total. The zero-order valence-electron chi connectivity index (χ0n) is 18.1. The number of nitriles is 1. The van der Waals surface area contributed by atoms with E-state index in [0.29, 0.717) is 16.9 Å². The van der Waals surface area contributed by atoms with Crippen LogP contribution < -0.4 is 16.6 Å². The molecule has 170 valence electrons. The first kappa shape index (κ1) is 22.3. The molecule has 0 bridgehead atoms. The first-order chi connectivity index (χ1) is 16.5. The van der Waals surface area contributed by atoms with Crippen LogP contribution in [0.15, 0.2) is 68.7 Å². The molecule has 34 heavy (non-hydrogen) atoms. The Morgan fingerprint density at radius 1 is 1.15 bits per heavy atom. The van der Waals surface area contributed by atoms with Gasteiger partial charge in [0.15, 0.2) is 5.69 Å². The molecular formula is C23H19N7O4. The van der Waals surface area contributed by atoms with Gasteiger partial charge in [-0.25, -0.2) is 4.79 Å². The van der Waals surface area contributed by atoms with Crippen LogP contribution in [0.25, 0.3) is 17.2 Å². The van der Waals surface area contributed by atoms with Crippen molar-refractivity contribution in [2.24, 2.45) is 0 Å². The van der Waals surface area contributed by atoms with E-state index in [4.69, 9.17) is 9.78 Å². The summed E-state index contributed by atoms with van der Waals surface area (Å²) in [5, 5.41) is 19.7. The number of rotatable bonds is 7. The Balaban J connectivity index is 1.55. The number of nitrogens with zero attached hydrogens (tertiary/aromatic N) is 6. The summed E-state index contributed by atoms with van der Waals surface area (Å²) in [6, 6.07) is 17.2. The van der Waals surface area contributed by atoms with Crippen LogP contribution in [0.1, 0.15) is 24.8 Å². The van der Waals surface area contributed by atoms with E-state index in [9.17, 15) is 14.4 Å². The van der Waals surface area contributed by atoms with Crippen LogP contribution in [0.5, 0.6) is 0 Å². The van der Waals surface area contributed by atoms with Crippen molar-refractivity contribution in [3.8, 4) is 23.3 Å². The van der Waals surface area contributed by atoms with Gasteiger partial charge in [-0.05, 0) is 37.3 Å². The number of hydrogen-bond donors (Lipinski definition) is 1. The molecule has 2 heterocycles. The first-order valence-corrected chi connectivity index (χ1v) is 10.4. The first-order valence-electron chi connectivity index (χ1n) is 10.4. The summed E-state index contributed by atoms with van der Waals surface area (Å²) in [6.07, 6.45) is 0.158. The van der Waals surface area contributed by atoms with Gasteiger partial charge in [0.1, 0.15) is 0 Å². The molecule has 0 aliphatic rings. The molecule has 0 unspecified atom stereocenters. The van der Waals surface area contributed by atoms with Gasteiger partial charge in [0.25, 0.3) is 5.56 Å². The molecule has 0 aliphatic carbocycles. The molecule has 11 nitrogen and oxygen atoms in total. The number of benzene rings is 2. The van der Waals surface area contributed by atoms with Gasteiger partial charge in [0, 0.05) is 25.1 Å². The quantitative estimate of drug-likeness (QED) is 0.442. The van der Waals surface area contributed by atoms with Crippen molar-refractivity contribution in [2.45, 2.75) is 26.3 Å². The van der Waals surface area contributed by atoms with E-state index in [1.165, 1.54) is 0 Å². The molecule has 4 rings (SSSR count). The van der Waals surface area contributed by atoms with Crippen LogP contribution >= 0.6 is 0 Å². The van der Waals surface area contributed by atoms with Crippen molar-refractivity contribution >= 4 is 11.6 Å². The fraction of sp³-hybridized carbons (Fsp3) is 0.174. The van der Waals surface area contributed by atoms with Crippen molar-refractivity contribution in [3.63, 3.8) is 0 Å². The highest BCUT2D eigenvalue weighted by atomic mass is 16.5. The number of aryl methyl sites for hydroxylation is 1. The molecule has 2 aromatic heterocycles. The van der Waals surface area contributed by atoms with Gasteiger partial charge < -0.3 is 9.84 Å². The summed E-state index contributed by atoms with van der Waals surface area (Å²) >= 11 is 0. The standard InChI is InChI=1S/C23H19N7O4/c1-2-29-22(32)20(27-30(23(29)33)17-9-4-3-5-10-17)21-26-19(34-28-21)12-11-18(31)25-16-8-6-7-15(13-16)14-24/h3-10,13H,2,11-12H2,1H3,(H,25,31). The second kappa shape index (κ2) is 9.74. The third-order valence-corrected chi connectivity index (χ3v) is 4.90. The molecular weight excluding hydrogens is 438 g/mol. The summed E-state index contributed by atoms with van der Waals surface area (Å²) in [6.45, 7) is 1.81. The molecule has 2 aromatic carbocycles. The predicted molar refractivity (Wildman–Crippen MR) is 121 cm³/mol. The molecule has 0 atom stereocenters. The van der Waals surface area contributed by atoms with E-state index in [1.807, 2.05) is 6.07 Å². The summed E-state index contributed by atoms with van der Waals surface area (Å²) in [5.41, 5.74) is 0.0597. The van der Waals surface area contributed by atoms with Crippen molar-refractivity contribution in [3.05, 3.63) is 86.9 Å². The molecule has 11 heteroatoms. The normalized spacial score (nSPS) is 10.6. The van der Waals surface area contributed by atoms with E-state index in [-0.39, 0.29) is 42.7 Å². The number of carbonyl (C=O) groups excluding carboxylic acids is 1. The highest BCUT2D eigenvalue weighted by Gasteiger charge is 2.20. The second-order valence-electron chi connectivity index (χ2n) is 7.18. The van der Waals surface area contributed by atoms with Crippen LogP contribution in [0.2, 0.25) is 0 Å². The van der Waals surface area contributed by atoms with Gasteiger partial charge in [-0.1, -0.05) is 29.4 Å². The molecule has 0 saturated carbocycles. The average Bonchev–Trinajstić information content (AvgIpc) is 3.33. The van der Waals surface area contributed by atoms with Crippen molar-refractivity contribution < 1.29 is 9.32 Å². The minimum atomic E-state index is -0.637. The largest absolute Gasteiger partial charge is 0.352 e. The minimum Gasteiger partial charge on any atom is -0.339 e. The SMILES string of the molecule is CCn1c(=O)c(-c2noc(CCC(=O)Nc3cccc(C#N)c3)n2)nn(-c2ccccc2)c1=O. The third kappa shape index (κ3) is 4.66. The van der Waals surface area contributed by atoms with Crippen LogP contribution in [0.4, 0.5) is 5.69 Å².